The van der Waals surface area contributed by atoms with Crippen molar-refractivity contribution in [1.29, 1.82) is 0 Å². The minimum atomic E-state index is 0.228. The fraction of sp³-hybridized carbons (Fsp3) is 0.0833. The second-order valence-electron chi connectivity index (χ2n) is 6.98. The number of aromatic hydroxyl groups is 1. The number of aromatic nitrogens is 3. The molecule has 5 rings (SSSR count). The number of phenols is 1. The fourth-order valence-electron chi connectivity index (χ4n) is 3.73. The monoisotopic (exact) mass is 381 g/mol. The molecular weight excluding hydrogens is 362 g/mol. The van der Waals surface area contributed by atoms with E-state index in [2.05, 4.69) is 22.3 Å². The Balaban J connectivity index is 1.77. The maximum atomic E-state index is 9.65. The number of methoxy groups -OCH3 is 1. The summed E-state index contributed by atoms with van der Waals surface area (Å²) in [5, 5.41) is 20.4. The van der Waals surface area contributed by atoms with Crippen molar-refractivity contribution in [2.75, 3.05) is 7.11 Å². The number of hydrogen-bond donors (Lipinski definition) is 2. The van der Waals surface area contributed by atoms with E-state index in [1.165, 1.54) is 5.56 Å². The number of phenolic OH excluding ortho intramolecular Hbond substituents is 1. The van der Waals surface area contributed by atoms with E-state index >= 15 is 0 Å². The van der Waals surface area contributed by atoms with E-state index in [1.54, 1.807) is 19.2 Å². The predicted molar refractivity (Wildman–Crippen MR) is 114 cm³/mol. The van der Waals surface area contributed by atoms with Gasteiger partial charge >= 0.3 is 0 Å². The number of fused-ring (bicyclic) bond motifs is 3. The molecule has 5 aromatic rings. The van der Waals surface area contributed by atoms with Crippen molar-refractivity contribution in [2.45, 2.75) is 6.42 Å². The van der Waals surface area contributed by atoms with Crippen molar-refractivity contribution in [1.82, 2.24) is 15.2 Å². The first-order chi connectivity index (χ1) is 14.2. The van der Waals surface area contributed by atoms with E-state index in [1.807, 2.05) is 48.5 Å². The molecule has 0 aliphatic carbocycles. The average molecular weight is 381 g/mol. The van der Waals surface area contributed by atoms with Gasteiger partial charge in [-0.1, -0.05) is 30.3 Å². The van der Waals surface area contributed by atoms with Gasteiger partial charge in [0.25, 0.3) is 0 Å². The van der Waals surface area contributed by atoms with Crippen molar-refractivity contribution in [3.8, 4) is 22.8 Å². The number of nitrogens with zero attached hydrogens (tertiary/aromatic N) is 2. The van der Waals surface area contributed by atoms with Crippen LogP contribution in [-0.2, 0) is 6.42 Å². The molecule has 2 aromatic heterocycles. The third-order valence-corrected chi connectivity index (χ3v) is 5.16. The van der Waals surface area contributed by atoms with Crippen molar-refractivity contribution in [2.24, 2.45) is 0 Å². The van der Waals surface area contributed by atoms with Crippen LogP contribution in [0.15, 0.2) is 72.8 Å². The van der Waals surface area contributed by atoms with Crippen LogP contribution in [0.25, 0.3) is 33.1 Å². The lowest BCUT2D eigenvalue weighted by Crippen LogP contribution is -1.93. The Morgan fingerprint density at radius 3 is 2.48 bits per heavy atom. The molecule has 0 aliphatic rings. The van der Waals surface area contributed by atoms with Gasteiger partial charge < -0.3 is 9.84 Å². The SMILES string of the molecule is COc1ccc2c(-c3ccc(O)cc3)nc3n[nH]c(Cc4ccccc4)c3c2c1. The summed E-state index contributed by atoms with van der Waals surface area (Å²) in [5.74, 6) is 1.01. The first kappa shape index (κ1) is 17.3. The number of aromatic amines is 1. The van der Waals surface area contributed by atoms with Crippen LogP contribution in [0.3, 0.4) is 0 Å². The van der Waals surface area contributed by atoms with Crippen molar-refractivity contribution < 1.29 is 9.84 Å². The summed E-state index contributed by atoms with van der Waals surface area (Å²) in [5.41, 5.74) is 4.64. The second kappa shape index (κ2) is 6.95. The number of benzene rings is 3. The largest absolute Gasteiger partial charge is 0.508 e. The molecule has 3 aromatic carbocycles. The summed E-state index contributed by atoms with van der Waals surface area (Å²) in [6.07, 6.45) is 0.740. The zero-order valence-corrected chi connectivity index (χ0v) is 15.9. The van der Waals surface area contributed by atoms with Crippen LogP contribution in [0.5, 0.6) is 11.5 Å². The molecule has 0 bridgehead atoms. The predicted octanol–water partition coefficient (Wildman–Crippen LogP) is 5.08. The van der Waals surface area contributed by atoms with E-state index < -0.39 is 0 Å². The van der Waals surface area contributed by atoms with Gasteiger partial charge in [-0.3, -0.25) is 5.10 Å². The lowest BCUT2D eigenvalue weighted by molar-refractivity contribution is 0.415. The van der Waals surface area contributed by atoms with Crippen LogP contribution >= 0.6 is 0 Å². The maximum Gasteiger partial charge on any atom is 0.182 e. The van der Waals surface area contributed by atoms with Crippen LogP contribution in [0.1, 0.15) is 11.3 Å². The molecule has 0 radical (unpaired) electrons. The Hall–Kier alpha value is -3.86. The number of nitrogens with one attached hydrogen (secondary N) is 1. The van der Waals surface area contributed by atoms with Crippen LogP contribution in [-0.4, -0.2) is 27.4 Å². The lowest BCUT2D eigenvalue weighted by Gasteiger charge is -2.10. The van der Waals surface area contributed by atoms with Gasteiger partial charge in [0.1, 0.15) is 11.5 Å². The first-order valence-electron chi connectivity index (χ1n) is 9.41. The summed E-state index contributed by atoms with van der Waals surface area (Å²) in [6, 6.07) is 23.4. The first-order valence-corrected chi connectivity index (χ1v) is 9.41. The third kappa shape index (κ3) is 3.06. The van der Waals surface area contributed by atoms with Crippen LogP contribution in [0.2, 0.25) is 0 Å². The van der Waals surface area contributed by atoms with Gasteiger partial charge in [0.15, 0.2) is 5.65 Å². The molecular formula is C24H19N3O2. The summed E-state index contributed by atoms with van der Waals surface area (Å²) in [4.78, 5) is 4.86. The van der Waals surface area contributed by atoms with E-state index in [0.29, 0.717) is 5.65 Å². The molecule has 5 nitrogen and oxygen atoms in total. The quantitative estimate of drug-likeness (QED) is 0.455. The standard InChI is InChI=1S/C24H19N3O2/c1-29-18-11-12-19-20(14-18)22-21(13-15-5-3-2-4-6-15)26-27-24(22)25-23(19)16-7-9-17(28)10-8-16/h2-12,14,28H,13H2,1H3,(H,25,26,27). The maximum absolute atomic E-state index is 9.65. The van der Waals surface area contributed by atoms with Gasteiger partial charge in [0, 0.05) is 28.5 Å². The Kier molecular flexibility index (Phi) is 4.13. The molecule has 2 N–H and O–H groups in total. The molecule has 0 fully saturated rings. The van der Waals surface area contributed by atoms with Crippen molar-refractivity contribution in [3.05, 3.63) is 84.1 Å². The van der Waals surface area contributed by atoms with Crippen LogP contribution in [0.4, 0.5) is 0 Å². The highest BCUT2D eigenvalue weighted by molar-refractivity contribution is 6.11. The minimum Gasteiger partial charge on any atom is -0.508 e. The molecule has 0 saturated carbocycles. The summed E-state index contributed by atoms with van der Waals surface area (Å²) >= 11 is 0. The highest BCUT2D eigenvalue weighted by Crippen LogP contribution is 2.36. The number of H-pyrrole nitrogens is 1. The van der Waals surface area contributed by atoms with Crippen LogP contribution < -0.4 is 4.74 Å². The molecule has 0 atom stereocenters. The fourth-order valence-corrected chi connectivity index (χ4v) is 3.73. The number of rotatable bonds is 4. The van der Waals surface area contributed by atoms with Crippen LogP contribution in [0, 0.1) is 0 Å². The number of ether oxygens (including phenoxy) is 1. The molecule has 0 aliphatic heterocycles. The Bertz CT molecular complexity index is 1310. The normalized spacial score (nSPS) is 11.2. The van der Waals surface area contributed by atoms with Gasteiger partial charge in [-0.25, -0.2) is 4.98 Å². The highest BCUT2D eigenvalue weighted by atomic mass is 16.5. The molecule has 5 heteroatoms. The molecule has 0 spiro atoms. The van der Waals surface area contributed by atoms with Crippen molar-refractivity contribution in [3.63, 3.8) is 0 Å². The average Bonchev–Trinajstić information content (AvgIpc) is 3.17. The minimum absolute atomic E-state index is 0.228. The van der Waals surface area contributed by atoms with Gasteiger partial charge in [-0.2, -0.15) is 5.10 Å². The Morgan fingerprint density at radius 2 is 1.72 bits per heavy atom. The van der Waals surface area contributed by atoms with E-state index in [9.17, 15) is 5.11 Å². The van der Waals surface area contributed by atoms with Gasteiger partial charge in [0.05, 0.1) is 18.2 Å². The van der Waals surface area contributed by atoms with Gasteiger partial charge in [0.2, 0.25) is 0 Å². The topological polar surface area (TPSA) is 71.0 Å². The van der Waals surface area contributed by atoms with Crippen molar-refractivity contribution >= 4 is 21.8 Å². The van der Waals surface area contributed by atoms with Gasteiger partial charge in [-0.05, 0) is 48.0 Å². The Labute approximate surface area is 167 Å². The van der Waals surface area contributed by atoms with Gasteiger partial charge in [-0.15, -0.1) is 0 Å². The summed E-state index contributed by atoms with van der Waals surface area (Å²) < 4.78 is 5.48. The molecule has 0 amide bonds. The Morgan fingerprint density at radius 1 is 0.931 bits per heavy atom. The number of hydrogen-bond acceptors (Lipinski definition) is 4. The third-order valence-electron chi connectivity index (χ3n) is 5.16. The second-order valence-corrected chi connectivity index (χ2v) is 6.98. The smallest absolute Gasteiger partial charge is 0.182 e. The van der Waals surface area contributed by atoms with E-state index in [4.69, 9.17) is 9.72 Å². The highest BCUT2D eigenvalue weighted by Gasteiger charge is 2.17. The molecule has 2 heterocycles. The molecule has 142 valence electrons. The molecule has 0 unspecified atom stereocenters. The summed E-state index contributed by atoms with van der Waals surface area (Å²) in [6.45, 7) is 0. The zero-order valence-electron chi connectivity index (χ0n) is 15.9. The van der Waals surface area contributed by atoms with E-state index in [0.717, 1.165) is 45.3 Å². The lowest BCUT2D eigenvalue weighted by atomic mass is 9.99. The zero-order chi connectivity index (χ0) is 19.8. The molecule has 29 heavy (non-hydrogen) atoms. The van der Waals surface area contributed by atoms with E-state index in [-0.39, 0.29) is 5.75 Å². The number of pyridine rings is 1. The summed E-state index contributed by atoms with van der Waals surface area (Å²) in [7, 11) is 1.67. The molecule has 0 saturated heterocycles.